The van der Waals surface area contributed by atoms with Gasteiger partial charge in [-0.25, -0.2) is 0 Å². The largest absolute Gasteiger partial charge is 0.468 e. The third-order valence-electron chi connectivity index (χ3n) is 2.63. The number of alkyl halides is 3. The first kappa shape index (κ1) is 14.5. The fraction of sp³-hybridized carbons (Fsp3) is 0.417. The molecule has 0 aliphatic carbocycles. The Hall–Kier alpha value is -1.56. The summed E-state index contributed by atoms with van der Waals surface area (Å²) in [4.78, 5) is 11.5. The lowest BCUT2D eigenvalue weighted by Crippen LogP contribution is -2.39. The van der Waals surface area contributed by atoms with Gasteiger partial charge in [0, 0.05) is 0 Å². The van der Waals surface area contributed by atoms with E-state index in [0.717, 1.165) is 7.11 Å². The monoisotopic (exact) mass is 262 g/mol. The van der Waals surface area contributed by atoms with Gasteiger partial charge in [-0.2, -0.15) is 13.2 Å². The lowest BCUT2D eigenvalue weighted by atomic mass is 9.90. The molecule has 0 aliphatic rings. The number of hydrogen-bond donors (Lipinski definition) is 1. The molecule has 1 rings (SSSR count). The predicted molar refractivity (Wildman–Crippen MR) is 58.0 cm³/mol. The first-order chi connectivity index (χ1) is 8.29. The van der Waals surface area contributed by atoms with Crippen molar-refractivity contribution < 1.29 is 27.8 Å². The van der Waals surface area contributed by atoms with Gasteiger partial charge in [-0.05, 0) is 18.1 Å². The van der Waals surface area contributed by atoms with Crippen molar-refractivity contribution in [2.24, 2.45) is 0 Å². The van der Waals surface area contributed by atoms with Crippen LogP contribution < -0.4 is 0 Å². The smallest absolute Gasteiger partial charge is 0.415 e. The summed E-state index contributed by atoms with van der Waals surface area (Å²) in [6, 6.07) is 6.06. The van der Waals surface area contributed by atoms with Crippen molar-refractivity contribution >= 4 is 5.97 Å². The number of halogens is 3. The molecule has 100 valence electrons. The average molecular weight is 262 g/mol. The Bertz CT molecular complexity index is 429. The van der Waals surface area contributed by atoms with Gasteiger partial charge in [0.05, 0.1) is 7.11 Å². The molecule has 1 aromatic carbocycles. The molecule has 0 fully saturated rings. The van der Waals surface area contributed by atoms with Crippen molar-refractivity contribution in [1.29, 1.82) is 0 Å². The Morgan fingerprint density at radius 1 is 1.33 bits per heavy atom. The van der Waals surface area contributed by atoms with E-state index in [-0.39, 0.29) is 5.56 Å². The number of aliphatic hydroxyl groups excluding tert-OH is 1. The number of methoxy groups -OCH3 is 1. The van der Waals surface area contributed by atoms with E-state index >= 15 is 0 Å². The van der Waals surface area contributed by atoms with Crippen molar-refractivity contribution in [3.63, 3.8) is 0 Å². The van der Waals surface area contributed by atoms with Gasteiger partial charge >= 0.3 is 12.1 Å². The molecular weight excluding hydrogens is 249 g/mol. The molecule has 6 heteroatoms. The van der Waals surface area contributed by atoms with Crippen LogP contribution in [-0.4, -0.2) is 30.5 Å². The fourth-order valence-corrected chi connectivity index (χ4v) is 1.68. The molecule has 0 aromatic heterocycles. The molecule has 0 saturated carbocycles. The highest BCUT2D eigenvalue weighted by Crippen LogP contribution is 2.33. The van der Waals surface area contributed by atoms with E-state index in [1.807, 2.05) is 0 Å². The van der Waals surface area contributed by atoms with Gasteiger partial charge in [0.25, 0.3) is 0 Å². The lowest BCUT2D eigenvalue weighted by Gasteiger charge is -2.24. The number of rotatable bonds is 3. The molecule has 0 bridgehead atoms. The fourth-order valence-electron chi connectivity index (χ4n) is 1.68. The quantitative estimate of drug-likeness (QED) is 0.849. The van der Waals surface area contributed by atoms with E-state index in [9.17, 15) is 23.1 Å². The van der Waals surface area contributed by atoms with Crippen LogP contribution in [0, 0.1) is 6.92 Å². The normalized spacial score (nSPS) is 15.0. The van der Waals surface area contributed by atoms with E-state index < -0.39 is 24.2 Å². The van der Waals surface area contributed by atoms with Crippen LogP contribution in [0.1, 0.15) is 17.0 Å². The van der Waals surface area contributed by atoms with Crippen LogP contribution in [0.5, 0.6) is 0 Å². The second-order valence-corrected chi connectivity index (χ2v) is 3.84. The van der Waals surface area contributed by atoms with E-state index in [1.165, 1.54) is 12.1 Å². The maximum Gasteiger partial charge on any atom is 0.415 e. The summed E-state index contributed by atoms with van der Waals surface area (Å²) in [5.74, 6) is -2.88. The van der Waals surface area contributed by atoms with Gasteiger partial charge in [0.15, 0.2) is 6.10 Å². The van der Waals surface area contributed by atoms with Gasteiger partial charge in [-0.15, -0.1) is 0 Å². The third-order valence-corrected chi connectivity index (χ3v) is 2.63. The summed E-state index contributed by atoms with van der Waals surface area (Å²) in [5, 5.41) is 9.30. The zero-order valence-corrected chi connectivity index (χ0v) is 9.86. The number of ether oxygens (including phenoxy) is 1. The Morgan fingerprint density at radius 2 is 1.89 bits per heavy atom. The molecule has 0 aliphatic heterocycles. The molecule has 0 amide bonds. The highest BCUT2D eigenvalue weighted by atomic mass is 19.4. The van der Waals surface area contributed by atoms with E-state index in [1.54, 1.807) is 19.1 Å². The minimum Gasteiger partial charge on any atom is -0.468 e. The number of carbonyl (C=O) groups is 1. The van der Waals surface area contributed by atoms with Crippen LogP contribution in [0.4, 0.5) is 13.2 Å². The Balaban J connectivity index is 3.23. The maximum absolute atomic E-state index is 12.6. The summed E-state index contributed by atoms with van der Waals surface area (Å²) in [5.41, 5.74) is 0.588. The number of hydrogen-bond acceptors (Lipinski definition) is 3. The summed E-state index contributed by atoms with van der Waals surface area (Å²) in [7, 11) is 0.983. The van der Waals surface area contributed by atoms with Crippen LogP contribution in [0.15, 0.2) is 24.3 Å². The van der Waals surface area contributed by atoms with Gasteiger partial charge in [0.2, 0.25) is 0 Å². The van der Waals surface area contributed by atoms with Crippen LogP contribution in [-0.2, 0) is 9.53 Å². The molecule has 0 spiro atoms. The van der Waals surface area contributed by atoms with Gasteiger partial charge < -0.3 is 9.84 Å². The highest BCUT2D eigenvalue weighted by Gasteiger charge is 2.48. The molecule has 1 aromatic rings. The van der Waals surface area contributed by atoms with Crippen molar-refractivity contribution in [3.05, 3.63) is 35.4 Å². The lowest BCUT2D eigenvalue weighted by molar-refractivity contribution is -0.214. The molecule has 1 N–H and O–H groups in total. The predicted octanol–water partition coefficient (Wildman–Crippen LogP) is 2.17. The summed E-state index contributed by atoms with van der Waals surface area (Å²) in [6.45, 7) is 1.56. The van der Waals surface area contributed by atoms with Crippen molar-refractivity contribution in [3.8, 4) is 0 Å². The topological polar surface area (TPSA) is 46.5 Å². The summed E-state index contributed by atoms with van der Waals surface area (Å²) >= 11 is 0. The summed E-state index contributed by atoms with van der Waals surface area (Å²) in [6.07, 6.45) is -7.67. The molecule has 2 unspecified atom stereocenters. The van der Waals surface area contributed by atoms with Gasteiger partial charge in [-0.1, -0.05) is 24.3 Å². The second-order valence-electron chi connectivity index (χ2n) is 3.84. The Morgan fingerprint density at radius 3 is 2.33 bits per heavy atom. The van der Waals surface area contributed by atoms with Crippen molar-refractivity contribution in [2.45, 2.75) is 25.1 Å². The van der Waals surface area contributed by atoms with Gasteiger partial charge in [-0.3, -0.25) is 4.79 Å². The van der Waals surface area contributed by atoms with Crippen LogP contribution >= 0.6 is 0 Å². The summed E-state index contributed by atoms with van der Waals surface area (Å²) < 4.78 is 42.0. The maximum atomic E-state index is 12.6. The zero-order valence-electron chi connectivity index (χ0n) is 9.86. The van der Waals surface area contributed by atoms with Crippen molar-refractivity contribution in [2.75, 3.05) is 7.11 Å². The number of carbonyl (C=O) groups excluding carboxylic acids is 1. The SMILES string of the molecule is COC(=O)C(c1ccccc1C)C(O)C(F)(F)F. The molecule has 0 radical (unpaired) electrons. The first-order valence-corrected chi connectivity index (χ1v) is 5.17. The van der Waals surface area contributed by atoms with Crippen LogP contribution in [0.25, 0.3) is 0 Å². The molecule has 3 nitrogen and oxygen atoms in total. The number of benzene rings is 1. The highest BCUT2D eigenvalue weighted by molar-refractivity contribution is 5.79. The number of aliphatic hydroxyl groups is 1. The number of esters is 1. The molecular formula is C12H13F3O3. The van der Waals surface area contributed by atoms with Gasteiger partial charge in [0.1, 0.15) is 5.92 Å². The average Bonchev–Trinajstić information content (AvgIpc) is 2.30. The molecule has 2 atom stereocenters. The van der Waals surface area contributed by atoms with Crippen molar-refractivity contribution in [1.82, 2.24) is 0 Å². The van der Waals surface area contributed by atoms with E-state index in [0.29, 0.717) is 5.56 Å². The molecule has 0 heterocycles. The van der Waals surface area contributed by atoms with Crippen LogP contribution in [0.2, 0.25) is 0 Å². The minimum atomic E-state index is -4.89. The number of aryl methyl sites for hydroxylation is 1. The third kappa shape index (κ3) is 3.01. The first-order valence-electron chi connectivity index (χ1n) is 5.17. The zero-order chi connectivity index (χ0) is 13.9. The Labute approximate surface area is 102 Å². The van der Waals surface area contributed by atoms with E-state index in [4.69, 9.17) is 0 Å². The Kier molecular flexibility index (Phi) is 4.34. The molecule has 0 saturated heterocycles. The standard InChI is InChI=1S/C12H13F3O3/c1-7-5-3-4-6-8(7)9(11(17)18-2)10(16)12(13,14)15/h3-6,9-10,16H,1-2H3. The second kappa shape index (κ2) is 5.39. The minimum absolute atomic E-state index is 0.106. The van der Waals surface area contributed by atoms with E-state index in [2.05, 4.69) is 4.74 Å². The van der Waals surface area contributed by atoms with Crippen LogP contribution in [0.3, 0.4) is 0 Å². The molecule has 18 heavy (non-hydrogen) atoms.